The standard InChI is InChI=1S/C13H21FN2O4S/c1-10(15-2)9-16-21(17,18)13-8-11(14)4-5-12(13)20-7-6-19-3/h4-5,8,10,15-16H,6-7,9H2,1-3H3. The number of nitrogens with one attached hydrogen (secondary N) is 2. The summed E-state index contributed by atoms with van der Waals surface area (Å²) in [4.78, 5) is -0.220. The molecule has 0 aliphatic carbocycles. The van der Waals surface area contributed by atoms with Crippen molar-refractivity contribution in [2.75, 3.05) is 33.9 Å². The molecule has 0 saturated heterocycles. The van der Waals surface area contributed by atoms with Crippen LogP contribution >= 0.6 is 0 Å². The van der Waals surface area contributed by atoms with E-state index in [-0.39, 0.29) is 29.8 Å². The van der Waals surface area contributed by atoms with Gasteiger partial charge in [-0.15, -0.1) is 0 Å². The van der Waals surface area contributed by atoms with Crippen molar-refractivity contribution in [2.45, 2.75) is 17.9 Å². The highest BCUT2D eigenvalue weighted by Gasteiger charge is 2.21. The summed E-state index contributed by atoms with van der Waals surface area (Å²) in [5.41, 5.74) is 0. The summed E-state index contributed by atoms with van der Waals surface area (Å²) in [6.45, 7) is 2.50. The molecule has 1 unspecified atom stereocenters. The van der Waals surface area contributed by atoms with Crippen LogP contribution in [0.25, 0.3) is 0 Å². The highest BCUT2D eigenvalue weighted by molar-refractivity contribution is 7.89. The van der Waals surface area contributed by atoms with Gasteiger partial charge < -0.3 is 14.8 Å². The van der Waals surface area contributed by atoms with E-state index in [2.05, 4.69) is 10.0 Å². The smallest absolute Gasteiger partial charge is 0.244 e. The van der Waals surface area contributed by atoms with Crippen molar-refractivity contribution >= 4 is 10.0 Å². The molecular weight excluding hydrogens is 299 g/mol. The third-order valence-electron chi connectivity index (χ3n) is 2.81. The number of halogens is 1. The fourth-order valence-electron chi connectivity index (χ4n) is 1.46. The Balaban J connectivity index is 2.94. The topological polar surface area (TPSA) is 76.7 Å². The summed E-state index contributed by atoms with van der Waals surface area (Å²) in [5.74, 6) is -0.547. The van der Waals surface area contributed by atoms with Gasteiger partial charge >= 0.3 is 0 Å². The summed E-state index contributed by atoms with van der Waals surface area (Å²) < 4.78 is 50.4. The highest BCUT2D eigenvalue weighted by Crippen LogP contribution is 2.24. The van der Waals surface area contributed by atoms with Gasteiger partial charge in [-0.2, -0.15) is 0 Å². The fourth-order valence-corrected chi connectivity index (χ4v) is 2.75. The van der Waals surface area contributed by atoms with Crippen LogP contribution in [0, 0.1) is 5.82 Å². The van der Waals surface area contributed by atoms with E-state index in [0.717, 1.165) is 12.1 Å². The first-order valence-corrected chi connectivity index (χ1v) is 7.97. The van der Waals surface area contributed by atoms with Crippen molar-refractivity contribution in [3.05, 3.63) is 24.0 Å². The van der Waals surface area contributed by atoms with E-state index in [1.807, 2.05) is 6.92 Å². The summed E-state index contributed by atoms with van der Waals surface area (Å²) in [5, 5.41) is 2.91. The predicted octanol–water partition coefficient (Wildman–Crippen LogP) is 0.737. The van der Waals surface area contributed by atoms with Gasteiger partial charge in [0, 0.05) is 19.7 Å². The molecule has 6 nitrogen and oxygen atoms in total. The van der Waals surface area contributed by atoms with E-state index in [1.165, 1.54) is 13.2 Å². The van der Waals surface area contributed by atoms with Crippen molar-refractivity contribution in [1.82, 2.24) is 10.0 Å². The Morgan fingerprint density at radius 3 is 2.67 bits per heavy atom. The molecule has 1 atom stereocenters. The van der Waals surface area contributed by atoms with Gasteiger partial charge in [0.25, 0.3) is 0 Å². The molecule has 0 bridgehead atoms. The Bertz CT molecular complexity index is 551. The second-order valence-corrected chi connectivity index (χ2v) is 6.21. The van der Waals surface area contributed by atoms with Gasteiger partial charge in [0.1, 0.15) is 23.1 Å². The van der Waals surface area contributed by atoms with Crippen LogP contribution in [0.1, 0.15) is 6.92 Å². The van der Waals surface area contributed by atoms with Crippen molar-refractivity contribution in [3.8, 4) is 5.75 Å². The molecule has 21 heavy (non-hydrogen) atoms. The minimum Gasteiger partial charge on any atom is -0.490 e. The molecule has 0 radical (unpaired) electrons. The van der Waals surface area contributed by atoms with Crippen LogP contribution in [-0.2, 0) is 14.8 Å². The third kappa shape index (κ3) is 5.58. The molecule has 0 fully saturated rings. The number of ether oxygens (including phenoxy) is 2. The lowest BCUT2D eigenvalue weighted by molar-refractivity contribution is 0.144. The Hall–Kier alpha value is -1.22. The number of rotatable bonds is 9. The number of hydrogen-bond donors (Lipinski definition) is 2. The molecule has 1 aromatic rings. The summed E-state index contributed by atoms with van der Waals surface area (Å²) in [6.07, 6.45) is 0. The molecule has 8 heteroatoms. The van der Waals surface area contributed by atoms with Crippen LogP contribution in [0.5, 0.6) is 5.75 Å². The van der Waals surface area contributed by atoms with Crippen molar-refractivity contribution in [1.29, 1.82) is 0 Å². The molecule has 120 valence electrons. The van der Waals surface area contributed by atoms with Gasteiger partial charge in [0.15, 0.2) is 0 Å². The maximum Gasteiger partial charge on any atom is 0.244 e. The summed E-state index contributed by atoms with van der Waals surface area (Å²) in [7, 11) is -0.623. The maximum absolute atomic E-state index is 13.3. The van der Waals surface area contributed by atoms with Gasteiger partial charge in [0.2, 0.25) is 10.0 Å². The Kier molecular flexibility index (Phi) is 7.03. The lowest BCUT2D eigenvalue weighted by Gasteiger charge is -2.15. The largest absolute Gasteiger partial charge is 0.490 e. The predicted molar refractivity (Wildman–Crippen MR) is 77.5 cm³/mol. The van der Waals surface area contributed by atoms with Crippen LogP contribution in [0.2, 0.25) is 0 Å². The number of sulfonamides is 1. The molecule has 1 rings (SSSR count). The monoisotopic (exact) mass is 320 g/mol. The van der Waals surface area contributed by atoms with Gasteiger partial charge in [-0.25, -0.2) is 17.5 Å². The van der Waals surface area contributed by atoms with E-state index >= 15 is 0 Å². The highest BCUT2D eigenvalue weighted by atomic mass is 32.2. The quantitative estimate of drug-likeness (QED) is 0.656. The van der Waals surface area contributed by atoms with Crippen LogP contribution in [0.4, 0.5) is 4.39 Å². The molecule has 0 aromatic heterocycles. The van der Waals surface area contributed by atoms with Crippen LogP contribution in [0.3, 0.4) is 0 Å². The second kappa shape index (κ2) is 8.28. The van der Waals surface area contributed by atoms with Gasteiger partial charge in [-0.3, -0.25) is 0 Å². The average molecular weight is 320 g/mol. The first-order chi connectivity index (χ1) is 9.90. The van der Waals surface area contributed by atoms with Gasteiger partial charge in [0.05, 0.1) is 6.61 Å². The SMILES string of the molecule is CNC(C)CNS(=O)(=O)c1cc(F)ccc1OCCOC. The molecular formula is C13H21FN2O4S. The second-order valence-electron chi connectivity index (χ2n) is 4.47. The molecule has 1 aromatic carbocycles. The van der Waals surface area contributed by atoms with Gasteiger partial charge in [-0.1, -0.05) is 0 Å². The van der Waals surface area contributed by atoms with E-state index in [1.54, 1.807) is 7.05 Å². The normalized spacial score (nSPS) is 13.1. The lowest BCUT2D eigenvalue weighted by Crippen LogP contribution is -2.37. The van der Waals surface area contributed by atoms with E-state index in [4.69, 9.17) is 9.47 Å². The lowest BCUT2D eigenvalue weighted by atomic mass is 10.3. The van der Waals surface area contributed by atoms with Crippen molar-refractivity contribution in [2.24, 2.45) is 0 Å². The zero-order chi connectivity index (χ0) is 15.9. The first-order valence-electron chi connectivity index (χ1n) is 6.49. The van der Waals surface area contributed by atoms with Crippen LogP contribution in [0.15, 0.2) is 23.1 Å². The van der Waals surface area contributed by atoms with Crippen molar-refractivity contribution in [3.63, 3.8) is 0 Å². The molecule has 0 spiro atoms. The summed E-state index contributed by atoms with van der Waals surface area (Å²) >= 11 is 0. The van der Waals surface area contributed by atoms with Crippen molar-refractivity contribution < 1.29 is 22.3 Å². The summed E-state index contributed by atoms with van der Waals surface area (Å²) in [6, 6.07) is 3.33. The Morgan fingerprint density at radius 2 is 2.05 bits per heavy atom. The molecule has 0 heterocycles. The van der Waals surface area contributed by atoms with E-state index in [0.29, 0.717) is 6.61 Å². The minimum atomic E-state index is -3.85. The fraction of sp³-hybridized carbons (Fsp3) is 0.538. The zero-order valence-electron chi connectivity index (χ0n) is 12.3. The molecule has 0 aliphatic heterocycles. The first kappa shape index (κ1) is 17.8. The number of methoxy groups -OCH3 is 1. The van der Waals surface area contributed by atoms with Crippen LogP contribution < -0.4 is 14.8 Å². The molecule has 2 N–H and O–H groups in total. The zero-order valence-corrected chi connectivity index (χ0v) is 13.2. The number of benzene rings is 1. The Morgan fingerprint density at radius 1 is 1.33 bits per heavy atom. The molecule has 0 amide bonds. The number of hydrogen-bond acceptors (Lipinski definition) is 5. The maximum atomic E-state index is 13.3. The molecule has 0 saturated carbocycles. The van der Waals surface area contributed by atoms with Gasteiger partial charge in [-0.05, 0) is 32.2 Å². The van der Waals surface area contributed by atoms with E-state index < -0.39 is 15.8 Å². The van der Waals surface area contributed by atoms with Crippen LogP contribution in [-0.4, -0.2) is 48.4 Å². The molecule has 0 aliphatic rings. The minimum absolute atomic E-state index is 0.0498. The number of likely N-dealkylation sites (N-methyl/N-ethyl adjacent to an activating group) is 1. The average Bonchev–Trinajstić information content (AvgIpc) is 2.46. The third-order valence-corrected chi connectivity index (χ3v) is 4.26. The van der Waals surface area contributed by atoms with E-state index in [9.17, 15) is 12.8 Å². The Labute approximate surface area is 124 Å².